The van der Waals surface area contributed by atoms with Crippen LogP contribution in [0.15, 0.2) is 24.3 Å². The van der Waals surface area contributed by atoms with Gasteiger partial charge in [-0.3, -0.25) is 0 Å². The van der Waals surface area contributed by atoms with E-state index in [4.69, 9.17) is 9.47 Å². The molecule has 0 aromatic rings. The van der Waals surface area contributed by atoms with Crippen LogP contribution >= 0.6 is 0 Å². The molecular weight excluding hydrogens is 412 g/mol. The van der Waals surface area contributed by atoms with Gasteiger partial charge in [0.1, 0.15) is 11.2 Å². The van der Waals surface area contributed by atoms with E-state index < -0.39 is 0 Å². The molecule has 33 heavy (non-hydrogen) atoms. The van der Waals surface area contributed by atoms with Crippen molar-refractivity contribution in [2.24, 2.45) is 23.7 Å². The van der Waals surface area contributed by atoms with Crippen molar-refractivity contribution in [2.75, 3.05) is 0 Å². The van der Waals surface area contributed by atoms with Crippen LogP contribution < -0.4 is 0 Å². The van der Waals surface area contributed by atoms with Gasteiger partial charge >= 0.3 is 11.9 Å². The summed E-state index contributed by atoms with van der Waals surface area (Å²) >= 11 is 0. The summed E-state index contributed by atoms with van der Waals surface area (Å²) in [7, 11) is 0. The maximum atomic E-state index is 12.3. The molecule has 2 rings (SSSR count). The van der Waals surface area contributed by atoms with Crippen molar-refractivity contribution in [3.05, 3.63) is 24.3 Å². The molecule has 0 atom stereocenters. The predicted octanol–water partition coefficient (Wildman–Crippen LogP) is 7.57. The van der Waals surface area contributed by atoms with E-state index in [0.717, 1.165) is 64.2 Å². The van der Waals surface area contributed by atoms with Crippen molar-refractivity contribution in [3.63, 3.8) is 0 Å². The summed E-state index contributed by atoms with van der Waals surface area (Å²) in [5, 5.41) is 0. The van der Waals surface area contributed by atoms with E-state index in [0.29, 0.717) is 34.8 Å². The molecule has 2 aliphatic carbocycles. The van der Waals surface area contributed by atoms with E-state index in [1.807, 2.05) is 0 Å². The van der Waals surface area contributed by atoms with E-state index in [1.165, 1.54) is 6.42 Å². The zero-order chi connectivity index (χ0) is 24.8. The minimum absolute atomic E-state index is 0.243. The smallest absolute Gasteiger partial charge is 0.333 e. The Labute approximate surface area is 202 Å². The molecule has 0 radical (unpaired) electrons. The van der Waals surface area contributed by atoms with Crippen molar-refractivity contribution < 1.29 is 19.1 Å². The zero-order valence-corrected chi connectivity index (χ0v) is 22.1. The first-order chi connectivity index (χ1) is 15.4. The lowest BCUT2D eigenvalue weighted by atomic mass is 9.68. The first-order valence-corrected chi connectivity index (χ1v) is 13.1. The molecule has 0 aliphatic heterocycles. The highest BCUT2D eigenvalue weighted by Gasteiger charge is 2.42. The summed E-state index contributed by atoms with van der Waals surface area (Å²) in [6, 6.07) is 0. The normalized spacial score (nSPS) is 30.2. The van der Waals surface area contributed by atoms with Crippen molar-refractivity contribution >= 4 is 11.9 Å². The van der Waals surface area contributed by atoms with Crippen molar-refractivity contribution in [1.82, 2.24) is 0 Å². The Morgan fingerprint density at radius 3 is 1.27 bits per heavy atom. The highest BCUT2D eigenvalue weighted by Crippen LogP contribution is 2.46. The van der Waals surface area contributed by atoms with Crippen LogP contribution in [-0.4, -0.2) is 23.1 Å². The van der Waals surface area contributed by atoms with E-state index in [1.54, 1.807) is 13.8 Å². The fraction of sp³-hybridized carbons (Fsp3) is 0.793. The Bertz CT molecular complexity index is 641. The number of hydrogen-bond acceptors (Lipinski definition) is 4. The fourth-order valence-corrected chi connectivity index (χ4v) is 6.10. The van der Waals surface area contributed by atoms with Crippen LogP contribution in [0.25, 0.3) is 0 Å². The van der Waals surface area contributed by atoms with Crippen LogP contribution in [0, 0.1) is 23.7 Å². The molecule has 0 spiro atoms. The molecule has 0 aromatic carbocycles. The Morgan fingerprint density at radius 1 is 0.727 bits per heavy atom. The van der Waals surface area contributed by atoms with Crippen LogP contribution in [0.2, 0.25) is 0 Å². The van der Waals surface area contributed by atoms with Crippen molar-refractivity contribution in [1.29, 1.82) is 0 Å². The van der Waals surface area contributed by atoms with Gasteiger partial charge in [-0.2, -0.15) is 0 Å². The summed E-state index contributed by atoms with van der Waals surface area (Å²) in [6.45, 7) is 19.8. The molecule has 0 N–H and O–H groups in total. The molecule has 0 unspecified atom stereocenters. The highest BCUT2D eigenvalue weighted by atomic mass is 16.6. The van der Waals surface area contributed by atoms with Crippen molar-refractivity contribution in [3.8, 4) is 0 Å². The van der Waals surface area contributed by atoms with Crippen molar-refractivity contribution in [2.45, 2.75) is 123 Å². The minimum Gasteiger partial charge on any atom is -0.456 e. The highest BCUT2D eigenvalue weighted by molar-refractivity contribution is 5.87. The third-order valence-electron chi connectivity index (χ3n) is 7.58. The van der Waals surface area contributed by atoms with Gasteiger partial charge in [0, 0.05) is 11.1 Å². The van der Waals surface area contributed by atoms with Gasteiger partial charge < -0.3 is 9.47 Å². The SMILES string of the molecule is C=C(C)C(=O)OC1(CC(C)C)CCC(CC2CCC(CC(C)C)(OC(=O)C(=C)C)CC2)CC1. The Hall–Kier alpha value is -1.58. The van der Waals surface area contributed by atoms with Crippen LogP contribution in [0.1, 0.15) is 112 Å². The summed E-state index contributed by atoms with van der Waals surface area (Å²) in [4.78, 5) is 24.6. The molecule has 2 aliphatic rings. The molecule has 0 aromatic heterocycles. The third kappa shape index (κ3) is 8.30. The first-order valence-electron chi connectivity index (χ1n) is 13.1. The Morgan fingerprint density at radius 2 is 1.03 bits per heavy atom. The van der Waals surface area contributed by atoms with Crippen LogP contribution in [0.4, 0.5) is 0 Å². The molecule has 0 saturated heterocycles. The second-order valence-electron chi connectivity index (χ2n) is 12.0. The maximum Gasteiger partial charge on any atom is 0.333 e. The van der Waals surface area contributed by atoms with Crippen LogP contribution in [-0.2, 0) is 19.1 Å². The molecular formula is C29H48O4. The van der Waals surface area contributed by atoms with Gasteiger partial charge in [-0.25, -0.2) is 9.59 Å². The summed E-state index contributed by atoms with van der Waals surface area (Å²) in [6.07, 6.45) is 11.4. The number of carbonyl (C=O) groups is 2. The van der Waals surface area contributed by atoms with Gasteiger partial charge in [0.2, 0.25) is 0 Å². The number of hydrogen-bond donors (Lipinski definition) is 0. The van der Waals surface area contributed by atoms with E-state index in [-0.39, 0.29) is 23.1 Å². The monoisotopic (exact) mass is 460 g/mol. The average molecular weight is 461 g/mol. The fourth-order valence-electron chi connectivity index (χ4n) is 6.10. The third-order valence-corrected chi connectivity index (χ3v) is 7.58. The van der Waals surface area contributed by atoms with Gasteiger partial charge in [-0.1, -0.05) is 40.9 Å². The van der Waals surface area contributed by atoms with Gasteiger partial charge in [-0.05, 0) is 108 Å². The average Bonchev–Trinajstić information content (AvgIpc) is 2.70. The van der Waals surface area contributed by atoms with E-state index >= 15 is 0 Å². The van der Waals surface area contributed by atoms with E-state index in [9.17, 15) is 9.59 Å². The maximum absolute atomic E-state index is 12.3. The number of rotatable bonds is 10. The second-order valence-corrected chi connectivity index (χ2v) is 12.0. The molecule has 2 saturated carbocycles. The summed E-state index contributed by atoms with van der Waals surface area (Å²) in [5.41, 5.74) is 0.326. The molecule has 0 bridgehead atoms. The second kappa shape index (κ2) is 11.7. The molecule has 0 heterocycles. The Kier molecular flexibility index (Phi) is 9.82. The standard InChI is InChI=1S/C29H48O4/c1-20(2)18-28(32-26(30)22(5)6)13-9-24(10-14-28)17-25-11-15-29(16-12-25,19-21(3)4)33-27(31)23(7)8/h20-21,24-25H,5,7,9-19H2,1-4,6,8H3. The molecule has 4 heteroatoms. The predicted molar refractivity (Wildman–Crippen MR) is 135 cm³/mol. The molecule has 188 valence electrons. The Balaban J connectivity index is 1.92. The van der Waals surface area contributed by atoms with E-state index in [2.05, 4.69) is 40.9 Å². The minimum atomic E-state index is -0.323. The zero-order valence-electron chi connectivity index (χ0n) is 22.1. The molecule has 0 amide bonds. The number of carbonyl (C=O) groups excluding carboxylic acids is 2. The molecule has 4 nitrogen and oxygen atoms in total. The first kappa shape index (κ1) is 27.7. The summed E-state index contributed by atoms with van der Waals surface area (Å²) < 4.78 is 12.0. The lowest BCUT2D eigenvalue weighted by Crippen LogP contribution is -2.42. The lowest BCUT2D eigenvalue weighted by molar-refractivity contribution is -0.162. The van der Waals surface area contributed by atoms with Crippen LogP contribution in [0.5, 0.6) is 0 Å². The number of esters is 2. The van der Waals surface area contributed by atoms with Gasteiger partial charge in [0.05, 0.1) is 0 Å². The largest absolute Gasteiger partial charge is 0.456 e. The van der Waals surface area contributed by atoms with Crippen LogP contribution in [0.3, 0.4) is 0 Å². The summed E-state index contributed by atoms with van der Waals surface area (Å²) in [5.74, 6) is 1.88. The van der Waals surface area contributed by atoms with Gasteiger partial charge in [-0.15, -0.1) is 0 Å². The number of ether oxygens (including phenoxy) is 2. The molecule has 2 fully saturated rings. The quantitative estimate of drug-likeness (QED) is 0.249. The topological polar surface area (TPSA) is 52.6 Å². The van der Waals surface area contributed by atoms with Gasteiger partial charge in [0.15, 0.2) is 0 Å². The lowest BCUT2D eigenvalue weighted by Gasteiger charge is -2.44. The van der Waals surface area contributed by atoms with Gasteiger partial charge in [0.25, 0.3) is 0 Å².